The van der Waals surface area contributed by atoms with Crippen LogP contribution < -0.4 is 0 Å². The Morgan fingerprint density at radius 2 is 1.91 bits per heavy atom. The topological polar surface area (TPSA) is 82.1 Å². The van der Waals surface area contributed by atoms with Crippen LogP contribution in [0.1, 0.15) is 23.5 Å². The van der Waals surface area contributed by atoms with E-state index in [4.69, 9.17) is 9.47 Å². The van der Waals surface area contributed by atoms with Crippen LogP contribution in [-0.4, -0.2) is 57.9 Å². The molecule has 1 spiro atoms. The van der Waals surface area contributed by atoms with E-state index in [0.29, 0.717) is 26.3 Å². The summed E-state index contributed by atoms with van der Waals surface area (Å²) >= 11 is 1.06. The lowest BCUT2D eigenvalue weighted by Gasteiger charge is -2.53. The van der Waals surface area contributed by atoms with Crippen LogP contribution in [0.5, 0.6) is 0 Å². The average molecular weight is 361 g/mol. The molecule has 0 N–H and O–H groups in total. The molecule has 1 aromatic heterocycles. The van der Waals surface area contributed by atoms with Crippen LogP contribution >= 0.6 is 11.3 Å². The van der Waals surface area contributed by atoms with Crippen molar-refractivity contribution in [1.29, 1.82) is 0 Å². The van der Waals surface area contributed by atoms with E-state index >= 15 is 0 Å². The van der Waals surface area contributed by atoms with Crippen molar-refractivity contribution in [3.63, 3.8) is 0 Å². The number of sulfonamides is 1. The first-order chi connectivity index (χ1) is 10.7. The van der Waals surface area contributed by atoms with Gasteiger partial charge in [0.15, 0.2) is 5.79 Å². The lowest BCUT2D eigenvalue weighted by molar-refractivity contribution is -0.299. The number of rotatable bonds is 3. The van der Waals surface area contributed by atoms with E-state index in [0.717, 1.165) is 11.3 Å². The molecule has 128 valence electrons. The van der Waals surface area contributed by atoms with Gasteiger partial charge in [-0.2, -0.15) is 4.31 Å². The molecule has 23 heavy (non-hydrogen) atoms. The standard InChI is InChI=1S/C14H19NO6S2/c1-13(2)20-8-14(9-21-13)6-15(7-14)23(17,18)10-4-5-22-11(10)12(16)19-3/h4-5H,6-9H2,1-3H3. The second-order valence-corrected chi connectivity index (χ2v) is 9.18. The zero-order chi connectivity index (χ0) is 16.9. The van der Waals surface area contributed by atoms with Crippen LogP contribution in [0, 0.1) is 5.41 Å². The van der Waals surface area contributed by atoms with Gasteiger partial charge in [0, 0.05) is 18.5 Å². The number of esters is 1. The van der Waals surface area contributed by atoms with Gasteiger partial charge in [0.25, 0.3) is 0 Å². The lowest BCUT2D eigenvalue weighted by Crippen LogP contribution is -2.65. The van der Waals surface area contributed by atoms with E-state index < -0.39 is 21.8 Å². The highest BCUT2D eigenvalue weighted by Crippen LogP contribution is 2.41. The smallest absolute Gasteiger partial charge is 0.349 e. The van der Waals surface area contributed by atoms with E-state index in [9.17, 15) is 13.2 Å². The fourth-order valence-electron chi connectivity index (χ4n) is 2.67. The number of carbonyl (C=O) groups excluding carboxylic acids is 1. The zero-order valence-electron chi connectivity index (χ0n) is 13.2. The minimum absolute atomic E-state index is 0.00201. The van der Waals surface area contributed by atoms with Crippen molar-refractivity contribution in [2.45, 2.75) is 24.5 Å². The third-order valence-electron chi connectivity index (χ3n) is 4.09. The molecule has 0 atom stereocenters. The predicted octanol–water partition coefficient (Wildman–Crippen LogP) is 1.31. The van der Waals surface area contributed by atoms with Gasteiger partial charge >= 0.3 is 5.97 Å². The summed E-state index contributed by atoms with van der Waals surface area (Å²) in [6.45, 7) is 5.23. The Hall–Kier alpha value is -1.00. The summed E-state index contributed by atoms with van der Waals surface area (Å²) in [4.78, 5) is 11.8. The fraction of sp³-hybridized carbons (Fsp3) is 0.643. The highest BCUT2D eigenvalue weighted by atomic mass is 32.2. The number of carbonyl (C=O) groups is 1. The summed E-state index contributed by atoms with van der Waals surface area (Å²) in [5.74, 6) is -1.27. The van der Waals surface area contributed by atoms with Gasteiger partial charge in [-0.05, 0) is 25.3 Å². The fourth-order valence-corrected chi connectivity index (χ4v) is 5.65. The predicted molar refractivity (Wildman–Crippen MR) is 82.8 cm³/mol. The second kappa shape index (κ2) is 5.52. The maximum Gasteiger partial charge on any atom is 0.349 e. The summed E-state index contributed by atoms with van der Waals surface area (Å²) < 4.78 is 42.7. The Kier molecular flexibility index (Phi) is 4.04. The molecule has 0 unspecified atom stereocenters. The maximum absolute atomic E-state index is 12.7. The lowest BCUT2D eigenvalue weighted by atomic mass is 9.82. The Labute approximate surface area is 139 Å². The molecule has 2 aliphatic heterocycles. The molecule has 3 rings (SSSR count). The van der Waals surface area contributed by atoms with Crippen LogP contribution in [0.4, 0.5) is 0 Å². The van der Waals surface area contributed by atoms with Crippen molar-refractivity contribution in [3.8, 4) is 0 Å². The Morgan fingerprint density at radius 1 is 1.30 bits per heavy atom. The number of hydrogen-bond acceptors (Lipinski definition) is 7. The van der Waals surface area contributed by atoms with Crippen LogP contribution in [0.15, 0.2) is 16.3 Å². The van der Waals surface area contributed by atoms with E-state index in [-0.39, 0.29) is 15.2 Å². The number of hydrogen-bond donors (Lipinski definition) is 0. The first kappa shape index (κ1) is 16.8. The Bertz CT molecular complexity index is 705. The highest BCUT2D eigenvalue weighted by molar-refractivity contribution is 7.89. The molecule has 0 aromatic carbocycles. The highest BCUT2D eigenvalue weighted by Gasteiger charge is 2.53. The molecule has 7 nitrogen and oxygen atoms in total. The molecule has 0 bridgehead atoms. The van der Waals surface area contributed by atoms with Crippen LogP contribution in [0.3, 0.4) is 0 Å². The van der Waals surface area contributed by atoms with Gasteiger partial charge in [0.1, 0.15) is 9.77 Å². The van der Waals surface area contributed by atoms with Gasteiger partial charge in [-0.3, -0.25) is 0 Å². The number of ether oxygens (including phenoxy) is 3. The van der Waals surface area contributed by atoms with E-state index in [1.807, 2.05) is 13.8 Å². The van der Waals surface area contributed by atoms with Crippen molar-refractivity contribution in [2.75, 3.05) is 33.4 Å². The molecule has 9 heteroatoms. The van der Waals surface area contributed by atoms with Crippen LogP contribution in [0.25, 0.3) is 0 Å². The minimum Gasteiger partial charge on any atom is -0.465 e. The third kappa shape index (κ3) is 2.91. The van der Waals surface area contributed by atoms with Gasteiger partial charge in [-0.15, -0.1) is 11.3 Å². The first-order valence-electron chi connectivity index (χ1n) is 7.13. The number of thiophene rings is 1. The number of nitrogens with zero attached hydrogens (tertiary/aromatic N) is 1. The maximum atomic E-state index is 12.7. The van der Waals surface area contributed by atoms with Crippen LogP contribution in [0.2, 0.25) is 0 Å². The van der Waals surface area contributed by atoms with E-state index in [1.165, 1.54) is 17.5 Å². The molecule has 1 aromatic rings. The second-order valence-electron chi connectivity index (χ2n) is 6.36. The molecular formula is C14H19NO6S2. The van der Waals surface area contributed by atoms with Gasteiger partial charge in [0.05, 0.1) is 20.3 Å². The van der Waals surface area contributed by atoms with Crippen molar-refractivity contribution in [1.82, 2.24) is 4.31 Å². The zero-order valence-corrected chi connectivity index (χ0v) is 14.8. The van der Waals surface area contributed by atoms with Crippen LogP contribution in [-0.2, 0) is 24.2 Å². The van der Waals surface area contributed by atoms with Crippen molar-refractivity contribution in [3.05, 3.63) is 16.3 Å². The summed E-state index contributed by atoms with van der Waals surface area (Å²) in [7, 11) is -2.49. The summed E-state index contributed by atoms with van der Waals surface area (Å²) in [5.41, 5.74) is -0.302. The molecule has 3 heterocycles. The molecule has 2 fully saturated rings. The van der Waals surface area contributed by atoms with Gasteiger partial charge in [-0.1, -0.05) is 0 Å². The molecule has 0 radical (unpaired) electrons. The first-order valence-corrected chi connectivity index (χ1v) is 9.45. The number of methoxy groups -OCH3 is 1. The molecule has 0 amide bonds. The molecule has 0 aliphatic carbocycles. The monoisotopic (exact) mass is 361 g/mol. The van der Waals surface area contributed by atoms with Gasteiger partial charge in [0.2, 0.25) is 10.0 Å². The van der Waals surface area contributed by atoms with Crippen molar-refractivity contribution >= 4 is 27.3 Å². The summed E-state index contributed by atoms with van der Waals surface area (Å²) in [5, 5.41) is 1.57. The van der Waals surface area contributed by atoms with Crippen molar-refractivity contribution < 1.29 is 27.4 Å². The average Bonchev–Trinajstić information content (AvgIpc) is 2.94. The molecule has 0 saturated carbocycles. The van der Waals surface area contributed by atoms with E-state index in [2.05, 4.69) is 4.74 Å². The Balaban J connectivity index is 1.75. The Morgan fingerprint density at radius 3 is 2.48 bits per heavy atom. The van der Waals surface area contributed by atoms with Gasteiger partial charge in [-0.25, -0.2) is 13.2 Å². The SMILES string of the molecule is COC(=O)c1sccc1S(=O)(=O)N1CC2(COC(C)(C)OC2)C1. The summed E-state index contributed by atoms with van der Waals surface area (Å²) in [6, 6.07) is 1.44. The molecular weight excluding hydrogens is 342 g/mol. The largest absolute Gasteiger partial charge is 0.465 e. The quantitative estimate of drug-likeness (QED) is 0.755. The molecule has 2 saturated heterocycles. The molecule has 2 aliphatic rings. The normalized spacial score (nSPS) is 23.4. The van der Waals surface area contributed by atoms with Gasteiger partial charge < -0.3 is 14.2 Å². The van der Waals surface area contributed by atoms with Crippen molar-refractivity contribution in [2.24, 2.45) is 5.41 Å². The summed E-state index contributed by atoms with van der Waals surface area (Å²) in [6.07, 6.45) is 0. The van der Waals surface area contributed by atoms with E-state index in [1.54, 1.807) is 5.38 Å². The minimum atomic E-state index is -3.72. The third-order valence-corrected chi connectivity index (χ3v) is 6.95.